The van der Waals surface area contributed by atoms with Crippen molar-refractivity contribution in [2.24, 2.45) is 5.92 Å². The molecule has 0 spiro atoms. The van der Waals surface area contributed by atoms with Gasteiger partial charge in [0.05, 0.1) is 5.69 Å². The molecular weight excluding hydrogens is 328 g/mol. The number of rotatable bonds is 3. The van der Waals surface area contributed by atoms with Crippen molar-refractivity contribution in [2.45, 2.75) is 38.8 Å². The lowest BCUT2D eigenvalue weighted by molar-refractivity contribution is 0.0609. The van der Waals surface area contributed by atoms with Gasteiger partial charge in [-0.2, -0.15) is 0 Å². The Kier molecular flexibility index (Phi) is 3.85. The van der Waals surface area contributed by atoms with E-state index < -0.39 is 0 Å². The molecule has 0 N–H and O–H groups in total. The van der Waals surface area contributed by atoms with Crippen LogP contribution in [0.15, 0.2) is 35.3 Å². The first-order chi connectivity index (χ1) is 12.8. The number of nitrogens with zero attached hydrogens (tertiary/aromatic N) is 4. The summed E-state index contributed by atoms with van der Waals surface area (Å²) in [5.41, 5.74) is 3.61. The molecule has 0 amide bonds. The van der Waals surface area contributed by atoms with Gasteiger partial charge in [-0.1, -0.05) is 0 Å². The summed E-state index contributed by atoms with van der Waals surface area (Å²) >= 11 is 0. The van der Waals surface area contributed by atoms with Gasteiger partial charge in [0.25, 0.3) is 5.56 Å². The molecule has 1 saturated heterocycles. The molecule has 6 nitrogen and oxygen atoms in total. The summed E-state index contributed by atoms with van der Waals surface area (Å²) in [5, 5.41) is 0. The number of hydrogen-bond donors (Lipinski definition) is 0. The normalized spacial score (nSPS) is 17.7. The SMILES string of the molecule is O=c1cc(-c2ccc3nc4n(c3n2)CCC4)ccn1CC1CCOCC1. The fourth-order valence-electron chi connectivity index (χ4n) is 4.06. The monoisotopic (exact) mass is 350 g/mol. The Morgan fingerprint density at radius 2 is 2.04 bits per heavy atom. The van der Waals surface area contributed by atoms with Crippen molar-refractivity contribution < 1.29 is 4.74 Å². The molecule has 0 bridgehead atoms. The predicted octanol–water partition coefficient (Wildman–Crippen LogP) is 2.63. The van der Waals surface area contributed by atoms with Crippen LogP contribution in [-0.4, -0.2) is 32.3 Å². The molecule has 3 aromatic heterocycles. The largest absolute Gasteiger partial charge is 0.381 e. The zero-order valence-electron chi connectivity index (χ0n) is 14.7. The molecule has 5 rings (SSSR count). The van der Waals surface area contributed by atoms with E-state index in [-0.39, 0.29) is 5.56 Å². The predicted molar refractivity (Wildman–Crippen MR) is 99.1 cm³/mol. The maximum absolute atomic E-state index is 12.6. The summed E-state index contributed by atoms with van der Waals surface area (Å²) in [7, 11) is 0. The number of fused-ring (bicyclic) bond motifs is 3. The van der Waals surface area contributed by atoms with Crippen molar-refractivity contribution in [3.05, 3.63) is 46.6 Å². The molecule has 0 atom stereocenters. The van der Waals surface area contributed by atoms with E-state index in [0.29, 0.717) is 5.92 Å². The Morgan fingerprint density at radius 1 is 1.15 bits per heavy atom. The molecule has 0 radical (unpaired) electrons. The molecule has 2 aliphatic rings. The first kappa shape index (κ1) is 15.8. The van der Waals surface area contributed by atoms with E-state index in [9.17, 15) is 4.79 Å². The van der Waals surface area contributed by atoms with Crippen LogP contribution in [-0.2, 0) is 24.2 Å². The number of hydrogen-bond acceptors (Lipinski definition) is 4. The Bertz CT molecular complexity index is 1010. The molecule has 0 saturated carbocycles. The van der Waals surface area contributed by atoms with Gasteiger partial charge in [-0.3, -0.25) is 4.79 Å². The molecular formula is C20H22N4O2. The number of aromatic nitrogens is 4. The fraction of sp³-hybridized carbons (Fsp3) is 0.450. The van der Waals surface area contributed by atoms with Gasteiger partial charge in [0.15, 0.2) is 5.65 Å². The van der Waals surface area contributed by atoms with Crippen molar-refractivity contribution in [3.8, 4) is 11.3 Å². The van der Waals surface area contributed by atoms with Crippen LogP contribution in [0.1, 0.15) is 25.1 Å². The van der Waals surface area contributed by atoms with Gasteiger partial charge in [0.1, 0.15) is 11.3 Å². The highest BCUT2D eigenvalue weighted by Crippen LogP contribution is 2.24. The summed E-state index contributed by atoms with van der Waals surface area (Å²) in [6, 6.07) is 7.67. The Morgan fingerprint density at radius 3 is 2.88 bits per heavy atom. The van der Waals surface area contributed by atoms with E-state index in [4.69, 9.17) is 9.72 Å². The summed E-state index contributed by atoms with van der Waals surface area (Å²) in [6.45, 7) is 3.36. The molecule has 134 valence electrons. The lowest BCUT2D eigenvalue weighted by atomic mass is 10.0. The van der Waals surface area contributed by atoms with E-state index in [1.54, 1.807) is 6.07 Å². The summed E-state index contributed by atoms with van der Waals surface area (Å²) < 4.78 is 9.42. The Hall–Kier alpha value is -2.47. The van der Waals surface area contributed by atoms with Crippen LogP contribution in [0.5, 0.6) is 0 Å². The second-order valence-electron chi connectivity index (χ2n) is 7.28. The number of pyridine rings is 2. The molecule has 1 fully saturated rings. The van der Waals surface area contributed by atoms with Crippen molar-refractivity contribution in [3.63, 3.8) is 0 Å². The molecule has 0 aromatic carbocycles. The lowest BCUT2D eigenvalue weighted by Crippen LogP contribution is -2.26. The van der Waals surface area contributed by atoms with Crippen molar-refractivity contribution in [1.82, 2.24) is 19.1 Å². The standard InChI is InChI=1S/C20H22N4O2/c25-19-12-15(5-9-23(19)13-14-6-10-26-11-7-14)16-3-4-17-20(22-16)24-8-1-2-18(24)21-17/h3-5,9,12,14H,1-2,6-8,10-11,13H2. The Labute approximate surface area is 151 Å². The molecule has 2 aliphatic heterocycles. The average Bonchev–Trinajstić information content (AvgIpc) is 3.25. The molecule has 26 heavy (non-hydrogen) atoms. The minimum absolute atomic E-state index is 0.0365. The molecule has 0 aliphatic carbocycles. The van der Waals surface area contributed by atoms with E-state index in [1.807, 2.05) is 29.0 Å². The highest BCUT2D eigenvalue weighted by molar-refractivity contribution is 5.76. The maximum Gasteiger partial charge on any atom is 0.251 e. The van der Waals surface area contributed by atoms with Crippen LogP contribution in [0.2, 0.25) is 0 Å². The van der Waals surface area contributed by atoms with E-state index in [2.05, 4.69) is 9.55 Å². The van der Waals surface area contributed by atoms with Crippen LogP contribution in [0.4, 0.5) is 0 Å². The third-order valence-corrected chi connectivity index (χ3v) is 5.54. The fourth-order valence-corrected chi connectivity index (χ4v) is 4.06. The third-order valence-electron chi connectivity index (χ3n) is 5.54. The average molecular weight is 350 g/mol. The lowest BCUT2D eigenvalue weighted by Gasteiger charge is -2.22. The van der Waals surface area contributed by atoms with Gasteiger partial charge in [-0.05, 0) is 43.4 Å². The first-order valence-corrected chi connectivity index (χ1v) is 9.43. The quantitative estimate of drug-likeness (QED) is 0.728. The van der Waals surface area contributed by atoms with Crippen LogP contribution in [0, 0.1) is 5.92 Å². The van der Waals surface area contributed by atoms with Gasteiger partial charge in [-0.15, -0.1) is 0 Å². The van der Waals surface area contributed by atoms with Gasteiger partial charge >= 0.3 is 0 Å². The van der Waals surface area contributed by atoms with Crippen LogP contribution in [0.25, 0.3) is 22.4 Å². The van der Waals surface area contributed by atoms with Crippen LogP contribution in [0.3, 0.4) is 0 Å². The van der Waals surface area contributed by atoms with Gasteiger partial charge < -0.3 is 13.9 Å². The van der Waals surface area contributed by atoms with Crippen molar-refractivity contribution in [2.75, 3.05) is 13.2 Å². The summed E-state index contributed by atoms with van der Waals surface area (Å²) in [5.74, 6) is 1.65. The van der Waals surface area contributed by atoms with Gasteiger partial charge in [0.2, 0.25) is 0 Å². The topological polar surface area (TPSA) is 61.9 Å². The van der Waals surface area contributed by atoms with Gasteiger partial charge in [0, 0.05) is 50.6 Å². The van der Waals surface area contributed by atoms with E-state index in [1.165, 1.54) is 0 Å². The van der Waals surface area contributed by atoms with E-state index in [0.717, 1.165) is 80.2 Å². The zero-order chi connectivity index (χ0) is 17.5. The smallest absolute Gasteiger partial charge is 0.251 e. The summed E-state index contributed by atoms with van der Waals surface area (Å²) in [4.78, 5) is 22.0. The number of imidazole rings is 1. The maximum atomic E-state index is 12.6. The number of aryl methyl sites for hydroxylation is 2. The van der Waals surface area contributed by atoms with Crippen molar-refractivity contribution >= 4 is 11.2 Å². The first-order valence-electron chi connectivity index (χ1n) is 9.43. The van der Waals surface area contributed by atoms with Crippen molar-refractivity contribution in [1.29, 1.82) is 0 Å². The second kappa shape index (κ2) is 6.36. The summed E-state index contributed by atoms with van der Waals surface area (Å²) in [6.07, 6.45) is 6.11. The molecule has 3 aromatic rings. The molecule has 0 unspecified atom stereocenters. The highest BCUT2D eigenvalue weighted by atomic mass is 16.5. The van der Waals surface area contributed by atoms with E-state index >= 15 is 0 Å². The highest BCUT2D eigenvalue weighted by Gasteiger charge is 2.18. The zero-order valence-corrected chi connectivity index (χ0v) is 14.7. The Balaban J connectivity index is 1.45. The second-order valence-corrected chi connectivity index (χ2v) is 7.28. The van der Waals surface area contributed by atoms with Crippen LogP contribution < -0.4 is 5.56 Å². The minimum Gasteiger partial charge on any atom is -0.381 e. The minimum atomic E-state index is 0.0365. The van der Waals surface area contributed by atoms with Crippen LogP contribution >= 0.6 is 0 Å². The number of ether oxygens (including phenoxy) is 1. The van der Waals surface area contributed by atoms with Gasteiger partial charge in [-0.25, -0.2) is 9.97 Å². The molecule has 6 heteroatoms. The third kappa shape index (κ3) is 2.74. The molecule has 5 heterocycles.